The molecule has 0 unspecified atom stereocenters. The minimum atomic E-state index is 0. The molecule has 2 heterocycles. The second-order valence-corrected chi connectivity index (χ2v) is 4.96. The lowest BCUT2D eigenvalue weighted by atomic mass is 10.3. The summed E-state index contributed by atoms with van der Waals surface area (Å²) < 4.78 is 5.35. The zero-order valence-corrected chi connectivity index (χ0v) is 16.3. The van der Waals surface area contributed by atoms with Gasteiger partial charge in [-0.2, -0.15) is 0 Å². The fraction of sp³-hybridized carbons (Fsp3) is 0.667. The van der Waals surface area contributed by atoms with Crippen LogP contribution in [0.15, 0.2) is 23.5 Å². The molecule has 1 fully saturated rings. The number of aromatic nitrogens is 2. The van der Waals surface area contributed by atoms with E-state index < -0.39 is 0 Å². The molecule has 1 saturated heterocycles. The van der Waals surface area contributed by atoms with E-state index in [1.54, 1.807) is 12.4 Å². The first kappa shape index (κ1) is 19.9. The zero-order chi connectivity index (χ0) is 15.6. The van der Waals surface area contributed by atoms with Gasteiger partial charge in [-0.25, -0.2) is 9.97 Å². The second-order valence-electron chi connectivity index (χ2n) is 4.96. The molecular weight excluding hydrogens is 407 g/mol. The third-order valence-corrected chi connectivity index (χ3v) is 3.45. The third kappa shape index (κ3) is 6.46. The van der Waals surface area contributed by atoms with Crippen LogP contribution in [0.2, 0.25) is 0 Å². The van der Waals surface area contributed by atoms with E-state index in [4.69, 9.17) is 4.74 Å². The van der Waals surface area contributed by atoms with Gasteiger partial charge in [0.2, 0.25) is 5.95 Å². The highest BCUT2D eigenvalue weighted by atomic mass is 127. The molecular formula is C15H27IN6O. The Balaban J connectivity index is 0.00000264. The van der Waals surface area contributed by atoms with Crippen LogP contribution in [0, 0.1) is 0 Å². The van der Waals surface area contributed by atoms with E-state index >= 15 is 0 Å². The SMILES string of the molecule is CCNC(=NCCOCC)N1CCN(c2ncccn2)CC1.I. The van der Waals surface area contributed by atoms with Crippen LogP contribution < -0.4 is 10.2 Å². The maximum atomic E-state index is 5.35. The first-order chi connectivity index (χ1) is 10.8. The average molecular weight is 434 g/mol. The van der Waals surface area contributed by atoms with E-state index in [1.165, 1.54) is 0 Å². The lowest BCUT2D eigenvalue weighted by molar-refractivity contribution is 0.155. The number of nitrogens with zero attached hydrogens (tertiary/aromatic N) is 5. The van der Waals surface area contributed by atoms with Crippen molar-refractivity contribution in [2.24, 2.45) is 4.99 Å². The van der Waals surface area contributed by atoms with Gasteiger partial charge >= 0.3 is 0 Å². The number of rotatable bonds is 6. The maximum absolute atomic E-state index is 5.35. The van der Waals surface area contributed by atoms with Crippen molar-refractivity contribution in [2.75, 3.05) is 57.4 Å². The van der Waals surface area contributed by atoms with Gasteiger partial charge in [0, 0.05) is 51.7 Å². The van der Waals surface area contributed by atoms with E-state index in [0.717, 1.165) is 51.2 Å². The lowest BCUT2D eigenvalue weighted by Crippen LogP contribution is -2.53. The molecule has 1 aliphatic rings. The Morgan fingerprint density at radius 1 is 1.22 bits per heavy atom. The Morgan fingerprint density at radius 2 is 1.91 bits per heavy atom. The number of piperazine rings is 1. The fourth-order valence-corrected chi connectivity index (χ4v) is 2.36. The first-order valence-electron chi connectivity index (χ1n) is 7.98. The molecule has 1 aromatic heterocycles. The largest absolute Gasteiger partial charge is 0.380 e. The second kappa shape index (κ2) is 11.4. The summed E-state index contributed by atoms with van der Waals surface area (Å²) in [6.45, 7) is 10.7. The highest BCUT2D eigenvalue weighted by molar-refractivity contribution is 14.0. The summed E-state index contributed by atoms with van der Waals surface area (Å²) in [5.41, 5.74) is 0. The van der Waals surface area contributed by atoms with Crippen molar-refractivity contribution in [3.63, 3.8) is 0 Å². The smallest absolute Gasteiger partial charge is 0.225 e. The number of anilines is 1. The van der Waals surface area contributed by atoms with Gasteiger partial charge in [0.05, 0.1) is 13.2 Å². The maximum Gasteiger partial charge on any atom is 0.225 e. The molecule has 0 radical (unpaired) electrons. The van der Waals surface area contributed by atoms with Crippen LogP contribution in [0.1, 0.15) is 13.8 Å². The molecule has 0 aromatic carbocycles. The molecule has 2 rings (SSSR count). The number of guanidine groups is 1. The summed E-state index contributed by atoms with van der Waals surface area (Å²) in [5.74, 6) is 1.77. The first-order valence-corrected chi connectivity index (χ1v) is 7.98. The number of aliphatic imine (C=N–C) groups is 1. The summed E-state index contributed by atoms with van der Waals surface area (Å²) in [7, 11) is 0. The molecule has 1 aromatic rings. The van der Waals surface area contributed by atoms with Crippen LogP contribution in [0.3, 0.4) is 0 Å². The van der Waals surface area contributed by atoms with Gasteiger partial charge in [0.15, 0.2) is 5.96 Å². The Labute approximate surface area is 155 Å². The Bertz CT molecular complexity index is 451. The summed E-state index contributed by atoms with van der Waals surface area (Å²) >= 11 is 0. The quantitative estimate of drug-likeness (QED) is 0.315. The molecule has 8 heteroatoms. The molecule has 130 valence electrons. The normalized spacial score (nSPS) is 15.3. The molecule has 0 saturated carbocycles. The molecule has 7 nitrogen and oxygen atoms in total. The standard InChI is InChI=1S/C15H26N6O.HI/c1-3-16-14(19-8-13-22-4-2)20-9-11-21(12-10-20)15-17-6-5-7-18-15;/h5-7H,3-4,8-13H2,1-2H3,(H,16,19);1H. The van der Waals surface area contributed by atoms with Crippen LogP contribution in [0.4, 0.5) is 5.95 Å². The van der Waals surface area contributed by atoms with Crippen LogP contribution in [-0.4, -0.2) is 73.3 Å². The minimum absolute atomic E-state index is 0. The van der Waals surface area contributed by atoms with E-state index in [9.17, 15) is 0 Å². The lowest BCUT2D eigenvalue weighted by Gasteiger charge is -2.36. The third-order valence-electron chi connectivity index (χ3n) is 3.45. The van der Waals surface area contributed by atoms with Crippen molar-refractivity contribution in [3.8, 4) is 0 Å². The molecule has 23 heavy (non-hydrogen) atoms. The number of nitrogens with one attached hydrogen (secondary N) is 1. The van der Waals surface area contributed by atoms with Crippen molar-refractivity contribution in [2.45, 2.75) is 13.8 Å². The molecule has 1 N–H and O–H groups in total. The summed E-state index contributed by atoms with van der Waals surface area (Å²) in [4.78, 5) is 17.7. The summed E-state index contributed by atoms with van der Waals surface area (Å²) in [6, 6.07) is 1.84. The topological polar surface area (TPSA) is 65.9 Å². The highest BCUT2D eigenvalue weighted by Crippen LogP contribution is 2.09. The van der Waals surface area contributed by atoms with Gasteiger partial charge in [-0.05, 0) is 19.9 Å². The van der Waals surface area contributed by atoms with E-state index in [1.807, 2.05) is 13.0 Å². The van der Waals surface area contributed by atoms with Crippen LogP contribution in [-0.2, 0) is 4.74 Å². The van der Waals surface area contributed by atoms with Gasteiger partial charge in [0.1, 0.15) is 0 Å². The van der Waals surface area contributed by atoms with Crippen molar-refractivity contribution in [1.29, 1.82) is 0 Å². The highest BCUT2D eigenvalue weighted by Gasteiger charge is 2.20. The van der Waals surface area contributed by atoms with Crippen molar-refractivity contribution in [3.05, 3.63) is 18.5 Å². The van der Waals surface area contributed by atoms with Crippen molar-refractivity contribution < 1.29 is 4.74 Å². The van der Waals surface area contributed by atoms with E-state index in [2.05, 4.69) is 37.0 Å². The zero-order valence-electron chi connectivity index (χ0n) is 13.9. The summed E-state index contributed by atoms with van der Waals surface area (Å²) in [5, 5.41) is 3.35. The fourth-order valence-electron chi connectivity index (χ4n) is 2.36. The number of halogens is 1. The van der Waals surface area contributed by atoms with Gasteiger partial charge in [-0.1, -0.05) is 0 Å². The van der Waals surface area contributed by atoms with Gasteiger partial charge in [0.25, 0.3) is 0 Å². The van der Waals surface area contributed by atoms with Crippen molar-refractivity contribution >= 4 is 35.9 Å². The van der Waals surface area contributed by atoms with Crippen molar-refractivity contribution in [1.82, 2.24) is 20.2 Å². The van der Waals surface area contributed by atoms with Crippen LogP contribution in [0.25, 0.3) is 0 Å². The molecule has 0 spiro atoms. The Hall–Kier alpha value is -1.16. The predicted molar refractivity (Wildman–Crippen MR) is 104 cm³/mol. The van der Waals surface area contributed by atoms with E-state index in [0.29, 0.717) is 13.2 Å². The predicted octanol–water partition coefficient (Wildman–Crippen LogP) is 1.22. The average Bonchev–Trinajstić information content (AvgIpc) is 2.59. The van der Waals surface area contributed by atoms with Crippen LogP contribution >= 0.6 is 24.0 Å². The molecule has 0 atom stereocenters. The Morgan fingerprint density at radius 3 is 2.52 bits per heavy atom. The van der Waals surface area contributed by atoms with E-state index in [-0.39, 0.29) is 24.0 Å². The van der Waals surface area contributed by atoms with Gasteiger partial charge in [-0.3, -0.25) is 4.99 Å². The number of ether oxygens (including phenoxy) is 1. The Kier molecular flexibility index (Phi) is 9.85. The van der Waals surface area contributed by atoms with Gasteiger partial charge in [-0.15, -0.1) is 24.0 Å². The minimum Gasteiger partial charge on any atom is -0.380 e. The van der Waals surface area contributed by atoms with Gasteiger partial charge < -0.3 is 19.9 Å². The molecule has 1 aliphatic heterocycles. The summed E-state index contributed by atoms with van der Waals surface area (Å²) in [6.07, 6.45) is 3.57. The molecule has 0 amide bonds. The molecule has 0 aliphatic carbocycles. The number of hydrogen-bond donors (Lipinski definition) is 1. The monoisotopic (exact) mass is 434 g/mol. The van der Waals surface area contributed by atoms with Crippen LogP contribution in [0.5, 0.6) is 0 Å². The number of hydrogen-bond acceptors (Lipinski definition) is 5. The molecule has 0 bridgehead atoms.